The minimum Gasteiger partial charge on any atom is -0.345 e. The fraction of sp³-hybridized carbons (Fsp3) is 0.333. The summed E-state index contributed by atoms with van der Waals surface area (Å²) < 4.78 is 0.894. The molecule has 0 heterocycles. The van der Waals surface area contributed by atoms with Gasteiger partial charge in [-0.1, -0.05) is 22.0 Å². The summed E-state index contributed by atoms with van der Waals surface area (Å²) in [5.74, 6) is 0. The molecule has 1 aromatic carbocycles. The Labute approximate surface area is 109 Å². The monoisotopic (exact) mass is 292 g/mol. The zero-order valence-corrected chi connectivity index (χ0v) is 11.1. The van der Waals surface area contributed by atoms with Crippen LogP contribution in [-0.4, -0.2) is 13.1 Å². The molecule has 0 bridgehead atoms. The molecular formula is C12H13BrN4. The van der Waals surface area contributed by atoms with E-state index in [9.17, 15) is 0 Å². The van der Waals surface area contributed by atoms with Crippen LogP contribution in [0.25, 0.3) is 0 Å². The van der Waals surface area contributed by atoms with E-state index in [0.29, 0.717) is 0 Å². The second-order valence-corrected chi connectivity index (χ2v) is 4.52. The summed E-state index contributed by atoms with van der Waals surface area (Å²) in [7, 11) is 0. The molecule has 0 aliphatic heterocycles. The van der Waals surface area contributed by atoms with Crippen molar-refractivity contribution in [3.63, 3.8) is 0 Å². The van der Waals surface area contributed by atoms with Gasteiger partial charge >= 0.3 is 0 Å². The molecule has 5 heteroatoms. The predicted molar refractivity (Wildman–Crippen MR) is 70.2 cm³/mol. The smallest absolute Gasteiger partial charge is 0.106 e. The van der Waals surface area contributed by atoms with Gasteiger partial charge in [0.25, 0.3) is 0 Å². The minimum atomic E-state index is -0.0567. The maximum atomic E-state index is 8.70. The number of hydrogen-bond donors (Lipinski definition) is 1. The minimum absolute atomic E-state index is 0.0567. The summed E-state index contributed by atoms with van der Waals surface area (Å²) >= 11 is 3.45. The molecule has 1 rings (SSSR count). The van der Waals surface area contributed by atoms with Crippen LogP contribution in [-0.2, 0) is 0 Å². The molecule has 0 radical (unpaired) electrons. The lowest BCUT2D eigenvalue weighted by molar-refractivity contribution is 0.812. The van der Waals surface area contributed by atoms with Gasteiger partial charge in [0.2, 0.25) is 0 Å². The quantitative estimate of drug-likeness (QED) is 0.864. The van der Waals surface area contributed by atoms with E-state index in [2.05, 4.69) is 15.9 Å². The molecule has 88 valence electrons. The summed E-state index contributed by atoms with van der Waals surface area (Å²) in [4.78, 5) is 1.70. The van der Waals surface area contributed by atoms with E-state index in [1.54, 1.807) is 4.90 Å². The van der Waals surface area contributed by atoms with Crippen molar-refractivity contribution in [2.75, 3.05) is 18.0 Å². The van der Waals surface area contributed by atoms with Gasteiger partial charge < -0.3 is 10.6 Å². The SMILES string of the molecule is CC(N)c1ccc(N(CC#N)CC#N)cc1Br. The summed E-state index contributed by atoms with van der Waals surface area (Å²) in [5.41, 5.74) is 7.65. The zero-order valence-electron chi connectivity index (χ0n) is 9.52. The van der Waals surface area contributed by atoms with Crippen molar-refractivity contribution < 1.29 is 0 Å². The first-order chi connectivity index (χ1) is 8.10. The van der Waals surface area contributed by atoms with Crippen LogP contribution in [0.1, 0.15) is 18.5 Å². The number of rotatable bonds is 4. The highest BCUT2D eigenvalue weighted by Gasteiger charge is 2.10. The molecule has 0 amide bonds. The van der Waals surface area contributed by atoms with Gasteiger partial charge in [-0.3, -0.25) is 0 Å². The van der Waals surface area contributed by atoms with Crippen LogP contribution in [0.15, 0.2) is 22.7 Å². The molecule has 1 unspecified atom stereocenters. The number of hydrogen-bond acceptors (Lipinski definition) is 4. The lowest BCUT2D eigenvalue weighted by Crippen LogP contribution is -2.23. The molecule has 2 N–H and O–H groups in total. The second kappa shape index (κ2) is 6.24. The molecule has 0 aliphatic rings. The first-order valence-electron chi connectivity index (χ1n) is 5.14. The van der Waals surface area contributed by atoms with E-state index in [0.717, 1.165) is 15.7 Å². The lowest BCUT2D eigenvalue weighted by atomic mass is 10.1. The van der Waals surface area contributed by atoms with Crippen molar-refractivity contribution in [3.05, 3.63) is 28.2 Å². The summed E-state index contributed by atoms with van der Waals surface area (Å²) in [6.45, 7) is 2.29. The van der Waals surface area contributed by atoms with E-state index in [-0.39, 0.29) is 19.1 Å². The van der Waals surface area contributed by atoms with Gasteiger partial charge in [0, 0.05) is 16.2 Å². The van der Waals surface area contributed by atoms with Gasteiger partial charge in [-0.05, 0) is 24.6 Å². The third kappa shape index (κ3) is 3.45. The van der Waals surface area contributed by atoms with E-state index in [4.69, 9.17) is 16.3 Å². The van der Waals surface area contributed by atoms with E-state index >= 15 is 0 Å². The Bertz CT molecular complexity index is 454. The van der Waals surface area contributed by atoms with Crippen LogP contribution in [0.5, 0.6) is 0 Å². The third-order valence-corrected chi connectivity index (χ3v) is 3.05. The largest absolute Gasteiger partial charge is 0.345 e. The maximum Gasteiger partial charge on any atom is 0.106 e. The maximum absolute atomic E-state index is 8.70. The standard InChI is InChI=1S/C12H13BrN4/c1-9(16)11-3-2-10(8-12(11)13)17(6-4-14)7-5-15/h2-3,8-9H,6-7,16H2,1H3. The Balaban J connectivity index is 3.03. The Kier molecular flexibility index (Phi) is 4.96. The lowest BCUT2D eigenvalue weighted by Gasteiger charge is -2.19. The van der Waals surface area contributed by atoms with E-state index < -0.39 is 0 Å². The summed E-state index contributed by atoms with van der Waals surface area (Å²) in [5, 5.41) is 17.4. The Morgan fingerprint density at radius 2 is 1.94 bits per heavy atom. The molecule has 0 aliphatic carbocycles. The molecule has 0 saturated carbocycles. The normalized spacial score (nSPS) is 11.4. The van der Waals surface area contributed by atoms with Crippen molar-refractivity contribution in [2.24, 2.45) is 5.73 Å². The molecule has 0 aromatic heterocycles. The van der Waals surface area contributed by atoms with Crippen LogP contribution < -0.4 is 10.6 Å². The van der Waals surface area contributed by atoms with Crippen molar-refractivity contribution in [3.8, 4) is 12.1 Å². The predicted octanol–water partition coefficient (Wildman–Crippen LogP) is 2.32. The number of halogens is 1. The number of nitriles is 2. The Morgan fingerprint density at radius 1 is 1.35 bits per heavy atom. The topological polar surface area (TPSA) is 76.8 Å². The highest BCUT2D eigenvalue weighted by molar-refractivity contribution is 9.10. The van der Waals surface area contributed by atoms with Gasteiger partial charge in [0.1, 0.15) is 13.1 Å². The first kappa shape index (κ1) is 13.5. The van der Waals surface area contributed by atoms with Crippen LogP contribution >= 0.6 is 15.9 Å². The van der Waals surface area contributed by atoms with Gasteiger partial charge in [0.15, 0.2) is 0 Å². The van der Waals surface area contributed by atoms with Crippen molar-refractivity contribution >= 4 is 21.6 Å². The van der Waals surface area contributed by atoms with Crippen LogP contribution in [0.3, 0.4) is 0 Å². The van der Waals surface area contributed by atoms with Gasteiger partial charge in [-0.2, -0.15) is 10.5 Å². The molecule has 0 fully saturated rings. The average Bonchev–Trinajstić information content (AvgIpc) is 2.28. The molecule has 4 nitrogen and oxygen atoms in total. The molecular weight excluding hydrogens is 280 g/mol. The first-order valence-corrected chi connectivity index (χ1v) is 5.93. The Morgan fingerprint density at radius 3 is 2.35 bits per heavy atom. The van der Waals surface area contributed by atoms with Crippen LogP contribution in [0, 0.1) is 22.7 Å². The number of benzene rings is 1. The number of nitrogens with two attached hydrogens (primary N) is 1. The van der Waals surface area contributed by atoms with Crippen molar-refractivity contribution in [2.45, 2.75) is 13.0 Å². The van der Waals surface area contributed by atoms with E-state index in [1.807, 2.05) is 37.3 Å². The molecule has 0 spiro atoms. The number of nitrogens with zero attached hydrogens (tertiary/aromatic N) is 3. The second-order valence-electron chi connectivity index (χ2n) is 3.67. The fourth-order valence-corrected chi connectivity index (χ4v) is 2.22. The molecule has 1 atom stereocenters. The van der Waals surface area contributed by atoms with Crippen molar-refractivity contribution in [1.29, 1.82) is 10.5 Å². The Hall–Kier alpha value is -1.56. The average molecular weight is 293 g/mol. The molecule has 0 saturated heterocycles. The highest BCUT2D eigenvalue weighted by atomic mass is 79.9. The van der Waals surface area contributed by atoms with Gasteiger partial charge in [0.05, 0.1) is 12.1 Å². The number of anilines is 1. The summed E-state index contributed by atoms with van der Waals surface area (Å²) in [6, 6.07) is 9.69. The highest BCUT2D eigenvalue weighted by Crippen LogP contribution is 2.27. The van der Waals surface area contributed by atoms with Gasteiger partial charge in [-0.15, -0.1) is 0 Å². The van der Waals surface area contributed by atoms with E-state index in [1.165, 1.54) is 0 Å². The fourth-order valence-electron chi connectivity index (χ4n) is 1.49. The van der Waals surface area contributed by atoms with Gasteiger partial charge in [-0.25, -0.2) is 0 Å². The molecule has 1 aromatic rings. The zero-order chi connectivity index (χ0) is 12.8. The molecule has 17 heavy (non-hydrogen) atoms. The van der Waals surface area contributed by atoms with Crippen LogP contribution in [0.2, 0.25) is 0 Å². The summed E-state index contributed by atoms with van der Waals surface area (Å²) in [6.07, 6.45) is 0. The van der Waals surface area contributed by atoms with Crippen molar-refractivity contribution in [1.82, 2.24) is 0 Å². The third-order valence-electron chi connectivity index (χ3n) is 2.36. The van der Waals surface area contributed by atoms with Crippen LogP contribution in [0.4, 0.5) is 5.69 Å².